The summed E-state index contributed by atoms with van der Waals surface area (Å²) >= 11 is 1.42. The third kappa shape index (κ3) is 4.89. The van der Waals surface area contributed by atoms with Crippen LogP contribution in [0.15, 0.2) is 54.6 Å². The van der Waals surface area contributed by atoms with Gasteiger partial charge in [0.25, 0.3) is 5.91 Å². The highest BCUT2D eigenvalue weighted by molar-refractivity contribution is 7.17. The van der Waals surface area contributed by atoms with Crippen LogP contribution in [0.5, 0.6) is 0 Å². The zero-order valence-corrected chi connectivity index (χ0v) is 18.6. The van der Waals surface area contributed by atoms with Gasteiger partial charge in [-0.25, -0.2) is 4.79 Å². The van der Waals surface area contributed by atoms with Gasteiger partial charge in [-0.15, -0.1) is 11.3 Å². The number of benzene rings is 2. The molecule has 0 atom stereocenters. The van der Waals surface area contributed by atoms with Gasteiger partial charge < -0.3 is 15.4 Å². The van der Waals surface area contributed by atoms with Crippen LogP contribution in [-0.4, -0.2) is 24.4 Å². The van der Waals surface area contributed by atoms with Crippen LogP contribution in [0.3, 0.4) is 0 Å². The van der Waals surface area contributed by atoms with Crippen molar-refractivity contribution in [3.8, 4) is 11.1 Å². The topological polar surface area (TPSA) is 84.5 Å². The summed E-state index contributed by atoms with van der Waals surface area (Å²) in [5.41, 5.74) is 3.83. The van der Waals surface area contributed by atoms with Crippen LogP contribution in [0, 0.1) is 0 Å². The number of ether oxygens (including phenoxy) is 1. The van der Waals surface area contributed by atoms with Gasteiger partial charge >= 0.3 is 5.97 Å². The van der Waals surface area contributed by atoms with Gasteiger partial charge in [-0.3, -0.25) is 9.59 Å². The van der Waals surface area contributed by atoms with Crippen LogP contribution in [0.25, 0.3) is 11.1 Å². The van der Waals surface area contributed by atoms with Crippen molar-refractivity contribution in [1.29, 1.82) is 0 Å². The molecule has 32 heavy (non-hydrogen) atoms. The van der Waals surface area contributed by atoms with Gasteiger partial charge in [-0.1, -0.05) is 48.5 Å². The Bertz CT molecular complexity index is 1150. The molecular weight excluding hydrogens is 424 g/mol. The quantitative estimate of drug-likeness (QED) is 0.517. The van der Waals surface area contributed by atoms with Crippen molar-refractivity contribution in [2.45, 2.75) is 32.6 Å². The van der Waals surface area contributed by atoms with E-state index < -0.39 is 18.5 Å². The number of aryl methyl sites for hydroxylation is 1. The van der Waals surface area contributed by atoms with E-state index in [4.69, 9.17) is 4.74 Å². The molecule has 0 saturated carbocycles. The number of carbonyl (C=O) groups is 3. The van der Waals surface area contributed by atoms with Crippen LogP contribution >= 0.6 is 11.3 Å². The smallest absolute Gasteiger partial charge is 0.341 e. The number of nitrogens with one attached hydrogen (secondary N) is 2. The number of anilines is 2. The first-order chi connectivity index (χ1) is 15.5. The summed E-state index contributed by atoms with van der Waals surface area (Å²) in [5.74, 6) is -1.25. The Morgan fingerprint density at radius 3 is 2.44 bits per heavy atom. The SMILES string of the molecule is CC(=O)Nc1sc2c(c1C(=O)OCC(=O)Nc1ccccc1-c1ccccc1)CCCC2. The molecule has 3 aromatic rings. The normalized spacial score (nSPS) is 12.5. The molecule has 1 heterocycles. The molecule has 1 aliphatic carbocycles. The summed E-state index contributed by atoms with van der Waals surface area (Å²) in [6, 6.07) is 17.2. The van der Waals surface area contributed by atoms with Crippen molar-refractivity contribution < 1.29 is 19.1 Å². The van der Waals surface area contributed by atoms with Crippen LogP contribution < -0.4 is 10.6 Å². The highest BCUT2D eigenvalue weighted by Gasteiger charge is 2.27. The van der Waals surface area contributed by atoms with Gasteiger partial charge in [0.2, 0.25) is 5.91 Å². The first-order valence-electron chi connectivity index (χ1n) is 10.6. The highest BCUT2D eigenvalue weighted by atomic mass is 32.1. The summed E-state index contributed by atoms with van der Waals surface area (Å²) in [5, 5.41) is 6.08. The second kappa shape index (κ2) is 9.78. The molecule has 0 fully saturated rings. The lowest BCUT2D eigenvalue weighted by atomic mass is 9.95. The van der Waals surface area contributed by atoms with Crippen LogP contribution in [0.4, 0.5) is 10.7 Å². The molecule has 0 spiro atoms. The second-order valence-corrected chi connectivity index (χ2v) is 8.74. The van der Waals surface area contributed by atoms with E-state index in [1.807, 2.05) is 54.6 Å². The van der Waals surface area contributed by atoms with E-state index in [1.165, 1.54) is 18.3 Å². The first kappa shape index (κ1) is 21.8. The molecule has 7 heteroatoms. The highest BCUT2D eigenvalue weighted by Crippen LogP contribution is 2.38. The maximum Gasteiger partial charge on any atom is 0.341 e. The van der Waals surface area contributed by atoms with Crippen LogP contribution in [0.1, 0.15) is 40.6 Å². The Morgan fingerprint density at radius 1 is 0.938 bits per heavy atom. The van der Waals surface area contributed by atoms with Crippen molar-refractivity contribution in [2.24, 2.45) is 0 Å². The average Bonchev–Trinajstić information content (AvgIpc) is 3.15. The van der Waals surface area contributed by atoms with Crippen LogP contribution in [0.2, 0.25) is 0 Å². The molecule has 2 amide bonds. The van der Waals surface area contributed by atoms with Crippen molar-refractivity contribution in [2.75, 3.05) is 17.2 Å². The molecule has 164 valence electrons. The summed E-state index contributed by atoms with van der Waals surface area (Å²) in [7, 11) is 0. The molecule has 0 bridgehead atoms. The maximum absolute atomic E-state index is 12.9. The number of para-hydroxylation sites is 1. The predicted octanol–water partition coefficient (Wildman–Crippen LogP) is 5.05. The van der Waals surface area contributed by atoms with Gasteiger partial charge in [-0.05, 0) is 42.9 Å². The summed E-state index contributed by atoms with van der Waals surface area (Å²) in [6.45, 7) is 0.998. The Hall–Kier alpha value is -3.45. The number of hydrogen-bond donors (Lipinski definition) is 2. The Labute approximate surface area is 190 Å². The van der Waals surface area contributed by atoms with Crippen molar-refractivity contribution >= 4 is 39.8 Å². The van der Waals surface area contributed by atoms with E-state index in [9.17, 15) is 14.4 Å². The number of thiophene rings is 1. The number of amides is 2. The molecule has 4 rings (SSSR count). The molecule has 0 aliphatic heterocycles. The molecule has 1 aromatic heterocycles. The molecular formula is C25H24N2O4S. The lowest BCUT2D eigenvalue weighted by molar-refractivity contribution is -0.119. The third-order valence-corrected chi connectivity index (χ3v) is 6.49. The molecule has 2 aromatic carbocycles. The maximum atomic E-state index is 12.9. The van der Waals surface area contributed by atoms with E-state index in [0.717, 1.165) is 47.3 Å². The molecule has 6 nitrogen and oxygen atoms in total. The van der Waals surface area contributed by atoms with Gasteiger partial charge in [0.15, 0.2) is 6.61 Å². The van der Waals surface area contributed by atoms with E-state index in [1.54, 1.807) is 0 Å². The van der Waals surface area contributed by atoms with Crippen molar-refractivity contribution in [1.82, 2.24) is 0 Å². The third-order valence-electron chi connectivity index (χ3n) is 5.29. The minimum absolute atomic E-state index is 0.243. The lowest BCUT2D eigenvalue weighted by Gasteiger charge is -2.13. The molecule has 2 N–H and O–H groups in total. The van der Waals surface area contributed by atoms with Gasteiger partial charge in [-0.2, -0.15) is 0 Å². The second-order valence-electron chi connectivity index (χ2n) is 7.63. The van der Waals surface area contributed by atoms with Crippen molar-refractivity contribution in [3.05, 3.63) is 70.6 Å². The minimum atomic E-state index is -0.584. The Kier molecular flexibility index (Phi) is 6.66. The first-order valence-corrected chi connectivity index (χ1v) is 11.4. The number of fused-ring (bicyclic) bond motifs is 1. The summed E-state index contributed by atoms with van der Waals surface area (Å²) < 4.78 is 5.36. The van der Waals surface area contributed by atoms with Crippen LogP contribution in [-0.2, 0) is 27.2 Å². The van der Waals surface area contributed by atoms with E-state index >= 15 is 0 Å². The Morgan fingerprint density at radius 2 is 1.66 bits per heavy atom. The van der Waals surface area contributed by atoms with Gasteiger partial charge in [0.05, 0.1) is 5.56 Å². The fourth-order valence-electron chi connectivity index (χ4n) is 3.88. The van der Waals surface area contributed by atoms with Gasteiger partial charge in [0.1, 0.15) is 5.00 Å². The average molecular weight is 449 g/mol. The van der Waals surface area contributed by atoms with Crippen molar-refractivity contribution in [3.63, 3.8) is 0 Å². The fourth-order valence-corrected chi connectivity index (χ4v) is 5.20. The zero-order valence-electron chi connectivity index (χ0n) is 17.8. The lowest BCUT2D eigenvalue weighted by Crippen LogP contribution is -2.22. The molecule has 1 aliphatic rings. The predicted molar refractivity (Wildman–Crippen MR) is 126 cm³/mol. The largest absolute Gasteiger partial charge is 0.452 e. The van der Waals surface area contributed by atoms with Gasteiger partial charge in [0, 0.05) is 23.1 Å². The molecule has 0 radical (unpaired) electrons. The zero-order chi connectivity index (χ0) is 22.5. The molecule has 0 unspecified atom stereocenters. The van der Waals surface area contributed by atoms with E-state index in [2.05, 4.69) is 10.6 Å². The van der Waals surface area contributed by atoms with E-state index in [0.29, 0.717) is 16.3 Å². The number of hydrogen-bond acceptors (Lipinski definition) is 5. The number of carbonyl (C=O) groups excluding carboxylic acids is 3. The van der Waals surface area contributed by atoms with E-state index in [-0.39, 0.29) is 5.91 Å². The number of rotatable bonds is 6. The Balaban J connectivity index is 1.46. The fraction of sp³-hybridized carbons (Fsp3) is 0.240. The summed E-state index contributed by atoms with van der Waals surface area (Å²) in [6.07, 6.45) is 3.70. The molecule has 0 saturated heterocycles. The monoisotopic (exact) mass is 448 g/mol. The minimum Gasteiger partial charge on any atom is -0.452 e. The number of esters is 1. The summed E-state index contributed by atoms with van der Waals surface area (Å²) in [4.78, 5) is 38.1. The standard InChI is InChI=1S/C25H24N2O4S/c1-16(28)26-24-23(19-12-6-8-14-21(19)32-24)25(30)31-15-22(29)27-20-13-7-5-11-18(20)17-9-3-2-4-10-17/h2-5,7,9-11,13H,6,8,12,14-15H2,1H3,(H,26,28)(H,27,29).